The van der Waals surface area contributed by atoms with Crippen molar-refractivity contribution < 1.29 is 19.0 Å². The zero-order chi connectivity index (χ0) is 16.9. The summed E-state index contributed by atoms with van der Waals surface area (Å²) >= 11 is 0. The second-order valence-corrected chi connectivity index (χ2v) is 5.26. The Labute approximate surface area is 140 Å². The summed E-state index contributed by atoms with van der Waals surface area (Å²) < 4.78 is 16.5. The molecule has 0 aliphatic carbocycles. The van der Waals surface area contributed by atoms with E-state index in [9.17, 15) is 4.79 Å². The molecule has 2 heterocycles. The SMILES string of the molecule is COc1cc(C=CC(=O)Nc2cnccc2C)cc2c1OCCO2. The number of nitrogens with one attached hydrogen (secondary N) is 1. The number of pyridine rings is 1. The number of benzene rings is 1. The molecular weight excluding hydrogens is 308 g/mol. The second kappa shape index (κ2) is 7.04. The van der Waals surface area contributed by atoms with Gasteiger partial charge in [-0.3, -0.25) is 9.78 Å². The predicted octanol–water partition coefficient (Wildman–Crippen LogP) is 2.82. The maximum atomic E-state index is 12.1. The molecule has 1 aromatic carbocycles. The first-order valence-corrected chi connectivity index (χ1v) is 7.54. The fraction of sp³-hybridized carbons (Fsp3) is 0.222. The highest BCUT2D eigenvalue weighted by molar-refractivity contribution is 6.02. The van der Waals surface area contributed by atoms with E-state index in [-0.39, 0.29) is 5.91 Å². The number of nitrogens with zero attached hydrogens (tertiary/aromatic N) is 1. The van der Waals surface area contributed by atoms with Gasteiger partial charge in [0.1, 0.15) is 13.2 Å². The van der Waals surface area contributed by atoms with Crippen LogP contribution in [0.4, 0.5) is 5.69 Å². The third kappa shape index (κ3) is 3.48. The van der Waals surface area contributed by atoms with E-state index in [1.54, 1.807) is 31.6 Å². The largest absolute Gasteiger partial charge is 0.493 e. The molecule has 0 saturated heterocycles. The van der Waals surface area contributed by atoms with Gasteiger partial charge in [-0.1, -0.05) is 0 Å². The van der Waals surface area contributed by atoms with Crippen LogP contribution in [-0.4, -0.2) is 31.2 Å². The number of ether oxygens (including phenoxy) is 3. The minimum absolute atomic E-state index is 0.236. The standard InChI is InChI=1S/C18H18N2O4/c1-12-5-6-19-11-14(12)20-17(21)4-3-13-9-15(22-2)18-16(10-13)23-7-8-24-18/h3-6,9-11H,7-8H2,1-2H3,(H,20,21). The number of aromatic nitrogens is 1. The maximum Gasteiger partial charge on any atom is 0.248 e. The number of hydrogen-bond donors (Lipinski definition) is 1. The fourth-order valence-electron chi connectivity index (χ4n) is 2.33. The van der Waals surface area contributed by atoms with Crippen LogP contribution in [0.1, 0.15) is 11.1 Å². The van der Waals surface area contributed by atoms with E-state index in [4.69, 9.17) is 14.2 Å². The molecule has 2 aromatic rings. The molecule has 1 aliphatic heterocycles. The smallest absolute Gasteiger partial charge is 0.248 e. The van der Waals surface area contributed by atoms with E-state index in [2.05, 4.69) is 10.3 Å². The minimum Gasteiger partial charge on any atom is -0.493 e. The van der Waals surface area contributed by atoms with Crippen LogP contribution in [0.3, 0.4) is 0 Å². The molecule has 6 nitrogen and oxygen atoms in total. The first kappa shape index (κ1) is 15.9. The van der Waals surface area contributed by atoms with Gasteiger partial charge in [0.25, 0.3) is 0 Å². The molecule has 0 unspecified atom stereocenters. The lowest BCUT2D eigenvalue weighted by atomic mass is 10.1. The average molecular weight is 326 g/mol. The third-order valence-electron chi connectivity index (χ3n) is 3.57. The van der Waals surface area contributed by atoms with Gasteiger partial charge in [-0.15, -0.1) is 0 Å². The molecule has 1 aliphatic rings. The zero-order valence-electron chi connectivity index (χ0n) is 13.5. The van der Waals surface area contributed by atoms with Crippen molar-refractivity contribution in [1.29, 1.82) is 0 Å². The monoisotopic (exact) mass is 326 g/mol. The number of aryl methyl sites for hydroxylation is 1. The van der Waals surface area contributed by atoms with E-state index >= 15 is 0 Å². The number of fused-ring (bicyclic) bond motifs is 1. The topological polar surface area (TPSA) is 69.7 Å². The number of rotatable bonds is 4. The number of hydrogen-bond acceptors (Lipinski definition) is 5. The van der Waals surface area contributed by atoms with Crippen LogP contribution in [0.2, 0.25) is 0 Å². The summed E-state index contributed by atoms with van der Waals surface area (Å²) in [5.74, 6) is 1.55. The Balaban J connectivity index is 1.76. The first-order valence-electron chi connectivity index (χ1n) is 7.54. The highest BCUT2D eigenvalue weighted by Gasteiger charge is 2.17. The van der Waals surface area contributed by atoms with Crippen LogP contribution in [0, 0.1) is 6.92 Å². The van der Waals surface area contributed by atoms with Gasteiger partial charge in [-0.2, -0.15) is 0 Å². The molecule has 6 heteroatoms. The molecule has 1 N–H and O–H groups in total. The summed E-state index contributed by atoms with van der Waals surface area (Å²) in [5, 5.41) is 2.80. The van der Waals surface area contributed by atoms with E-state index < -0.39 is 0 Å². The molecule has 24 heavy (non-hydrogen) atoms. The normalized spacial score (nSPS) is 12.9. The summed E-state index contributed by atoms with van der Waals surface area (Å²) in [5.41, 5.74) is 2.42. The Morgan fingerprint density at radius 1 is 1.33 bits per heavy atom. The number of amides is 1. The van der Waals surface area contributed by atoms with Crippen molar-refractivity contribution in [3.63, 3.8) is 0 Å². The number of methoxy groups -OCH3 is 1. The summed E-state index contributed by atoms with van der Waals surface area (Å²) in [7, 11) is 1.57. The van der Waals surface area contributed by atoms with Crippen molar-refractivity contribution in [2.75, 3.05) is 25.6 Å². The van der Waals surface area contributed by atoms with E-state index in [0.717, 1.165) is 11.1 Å². The molecule has 0 atom stereocenters. The summed E-state index contributed by atoms with van der Waals surface area (Å²) in [6.07, 6.45) is 6.45. The Hall–Kier alpha value is -3.02. The predicted molar refractivity (Wildman–Crippen MR) is 90.6 cm³/mol. The quantitative estimate of drug-likeness (QED) is 0.875. The highest BCUT2D eigenvalue weighted by Crippen LogP contribution is 2.40. The molecule has 0 fully saturated rings. The van der Waals surface area contributed by atoms with Crippen molar-refractivity contribution in [2.45, 2.75) is 6.92 Å². The van der Waals surface area contributed by atoms with Gasteiger partial charge in [0.05, 0.1) is 19.0 Å². The first-order chi connectivity index (χ1) is 11.7. The molecule has 3 rings (SSSR count). The van der Waals surface area contributed by atoms with Gasteiger partial charge in [-0.05, 0) is 42.3 Å². The van der Waals surface area contributed by atoms with Crippen LogP contribution in [0.5, 0.6) is 17.2 Å². The van der Waals surface area contributed by atoms with Crippen LogP contribution in [-0.2, 0) is 4.79 Å². The second-order valence-electron chi connectivity index (χ2n) is 5.26. The van der Waals surface area contributed by atoms with Gasteiger partial charge >= 0.3 is 0 Å². The Bertz CT molecular complexity index is 769. The minimum atomic E-state index is -0.236. The molecule has 0 saturated carbocycles. The molecule has 0 radical (unpaired) electrons. The highest BCUT2D eigenvalue weighted by atomic mass is 16.6. The van der Waals surface area contributed by atoms with E-state index in [0.29, 0.717) is 36.1 Å². The summed E-state index contributed by atoms with van der Waals surface area (Å²) in [6, 6.07) is 5.45. The average Bonchev–Trinajstić information content (AvgIpc) is 2.61. The number of carbonyl (C=O) groups is 1. The number of anilines is 1. The molecule has 124 valence electrons. The van der Waals surface area contributed by atoms with Gasteiger partial charge in [0.2, 0.25) is 11.7 Å². The fourth-order valence-corrected chi connectivity index (χ4v) is 2.33. The van der Waals surface area contributed by atoms with Gasteiger partial charge in [-0.25, -0.2) is 0 Å². The van der Waals surface area contributed by atoms with E-state index in [1.165, 1.54) is 6.08 Å². The number of carbonyl (C=O) groups excluding carboxylic acids is 1. The van der Waals surface area contributed by atoms with Gasteiger partial charge in [0, 0.05) is 12.3 Å². The zero-order valence-corrected chi connectivity index (χ0v) is 13.5. The van der Waals surface area contributed by atoms with Crippen molar-refractivity contribution in [3.05, 3.63) is 47.8 Å². The van der Waals surface area contributed by atoms with Gasteiger partial charge in [0.15, 0.2) is 11.5 Å². The molecule has 0 spiro atoms. The van der Waals surface area contributed by atoms with Crippen molar-refractivity contribution in [3.8, 4) is 17.2 Å². The van der Waals surface area contributed by atoms with Crippen LogP contribution in [0.15, 0.2) is 36.7 Å². The Morgan fingerprint density at radius 2 is 2.17 bits per heavy atom. The molecule has 1 amide bonds. The van der Waals surface area contributed by atoms with Crippen molar-refractivity contribution in [2.24, 2.45) is 0 Å². The lowest BCUT2D eigenvalue weighted by molar-refractivity contribution is -0.111. The summed E-state index contributed by atoms with van der Waals surface area (Å²) in [4.78, 5) is 16.1. The third-order valence-corrected chi connectivity index (χ3v) is 3.57. The Morgan fingerprint density at radius 3 is 2.96 bits per heavy atom. The lowest BCUT2D eigenvalue weighted by Crippen LogP contribution is -2.16. The van der Waals surface area contributed by atoms with Crippen molar-refractivity contribution >= 4 is 17.7 Å². The molecule has 0 bridgehead atoms. The molecular formula is C18H18N2O4. The Kier molecular flexibility index (Phi) is 4.65. The van der Waals surface area contributed by atoms with Crippen LogP contribution in [0.25, 0.3) is 6.08 Å². The van der Waals surface area contributed by atoms with Crippen LogP contribution < -0.4 is 19.5 Å². The van der Waals surface area contributed by atoms with Crippen LogP contribution >= 0.6 is 0 Å². The lowest BCUT2D eigenvalue weighted by Gasteiger charge is -2.20. The molecule has 1 aromatic heterocycles. The van der Waals surface area contributed by atoms with Gasteiger partial charge < -0.3 is 19.5 Å². The van der Waals surface area contributed by atoms with Crippen molar-refractivity contribution in [1.82, 2.24) is 4.98 Å². The summed E-state index contributed by atoms with van der Waals surface area (Å²) in [6.45, 7) is 2.89. The maximum absolute atomic E-state index is 12.1. The van der Waals surface area contributed by atoms with E-state index in [1.807, 2.05) is 19.1 Å².